The van der Waals surface area contributed by atoms with E-state index >= 15 is 0 Å². The van der Waals surface area contributed by atoms with Crippen LogP contribution in [0.15, 0.2) is 6.20 Å². The van der Waals surface area contributed by atoms with Gasteiger partial charge in [0.15, 0.2) is 0 Å². The van der Waals surface area contributed by atoms with Crippen LogP contribution in [0.3, 0.4) is 0 Å². The molecule has 4 fully saturated rings. The number of primary amides is 1. The van der Waals surface area contributed by atoms with Crippen LogP contribution in [-0.2, 0) is 0 Å². The summed E-state index contributed by atoms with van der Waals surface area (Å²) in [6.45, 7) is 1.85. The van der Waals surface area contributed by atoms with E-state index in [9.17, 15) is 9.90 Å². The van der Waals surface area contributed by atoms with Crippen molar-refractivity contribution in [2.24, 2.45) is 23.5 Å². The van der Waals surface area contributed by atoms with Crippen LogP contribution in [0.1, 0.15) is 59.9 Å². The number of amides is 1. The van der Waals surface area contributed by atoms with Gasteiger partial charge in [-0.05, 0) is 56.8 Å². The largest absolute Gasteiger partial charge is 0.390 e. The fourth-order valence-corrected chi connectivity index (χ4v) is 5.36. The standard InChI is InChI=1S/C16H21N3O2/c1-8-18-7-12(15(17)20)14(19-8)13-10-2-9-3-11(13)6-16(21,4-9)5-10/h7,9-11,13,21H,2-6H2,1H3,(H2,17,20). The predicted octanol–water partition coefficient (Wildman–Crippen LogP) is 1.54. The number of nitrogens with two attached hydrogens (primary N) is 1. The Morgan fingerprint density at radius 2 is 2.00 bits per heavy atom. The van der Waals surface area contributed by atoms with E-state index in [1.807, 2.05) is 6.92 Å². The third-order valence-corrected chi connectivity index (χ3v) is 5.76. The summed E-state index contributed by atoms with van der Waals surface area (Å²) < 4.78 is 0. The van der Waals surface area contributed by atoms with Crippen LogP contribution in [0.5, 0.6) is 0 Å². The van der Waals surface area contributed by atoms with Crippen molar-refractivity contribution in [3.05, 3.63) is 23.3 Å². The second-order valence-corrected chi connectivity index (χ2v) is 7.30. The van der Waals surface area contributed by atoms with E-state index in [1.165, 1.54) is 0 Å². The fourth-order valence-electron chi connectivity index (χ4n) is 5.36. The van der Waals surface area contributed by atoms with Gasteiger partial charge in [-0.3, -0.25) is 4.79 Å². The number of hydrogen-bond donors (Lipinski definition) is 2. The van der Waals surface area contributed by atoms with Gasteiger partial charge in [0.2, 0.25) is 0 Å². The molecule has 4 aliphatic rings. The maximum Gasteiger partial charge on any atom is 0.252 e. The first-order valence-electron chi connectivity index (χ1n) is 7.81. The maximum atomic E-state index is 11.7. The molecular formula is C16H21N3O2. The van der Waals surface area contributed by atoms with Crippen LogP contribution in [0, 0.1) is 24.7 Å². The number of hydrogen-bond acceptors (Lipinski definition) is 4. The molecule has 1 heterocycles. The zero-order chi connectivity index (χ0) is 14.8. The second-order valence-electron chi connectivity index (χ2n) is 7.30. The fraction of sp³-hybridized carbons (Fsp3) is 0.688. The SMILES string of the molecule is Cc1ncc(C(N)=O)c(C2C3CC4CC2CC(O)(C4)C3)n1. The van der Waals surface area contributed by atoms with E-state index in [2.05, 4.69) is 9.97 Å². The number of aliphatic hydroxyl groups is 1. The predicted molar refractivity (Wildman–Crippen MR) is 76.5 cm³/mol. The highest BCUT2D eigenvalue weighted by atomic mass is 16.3. The van der Waals surface area contributed by atoms with Gasteiger partial charge in [-0.1, -0.05) is 0 Å². The van der Waals surface area contributed by atoms with Crippen molar-refractivity contribution in [1.29, 1.82) is 0 Å². The van der Waals surface area contributed by atoms with Crippen molar-refractivity contribution in [1.82, 2.24) is 9.97 Å². The first-order valence-corrected chi connectivity index (χ1v) is 7.81. The van der Waals surface area contributed by atoms with Crippen LogP contribution in [0.2, 0.25) is 0 Å². The molecular weight excluding hydrogens is 266 g/mol. The van der Waals surface area contributed by atoms with Crippen molar-refractivity contribution >= 4 is 5.91 Å². The van der Waals surface area contributed by atoms with E-state index in [0.29, 0.717) is 29.1 Å². The van der Waals surface area contributed by atoms with Crippen molar-refractivity contribution in [2.75, 3.05) is 0 Å². The van der Waals surface area contributed by atoms with Gasteiger partial charge in [-0.15, -0.1) is 0 Å². The third-order valence-electron chi connectivity index (χ3n) is 5.76. The van der Waals surface area contributed by atoms with Crippen molar-refractivity contribution in [3.8, 4) is 0 Å². The molecule has 0 saturated heterocycles. The number of aryl methyl sites for hydroxylation is 1. The molecule has 5 rings (SSSR count). The molecule has 4 bridgehead atoms. The zero-order valence-corrected chi connectivity index (χ0v) is 12.2. The summed E-state index contributed by atoms with van der Waals surface area (Å²) >= 11 is 0. The molecule has 112 valence electrons. The van der Waals surface area contributed by atoms with Gasteiger partial charge in [-0.2, -0.15) is 0 Å². The van der Waals surface area contributed by atoms with E-state index in [4.69, 9.17) is 5.73 Å². The van der Waals surface area contributed by atoms with Crippen LogP contribution in [0.25, 0.3) is 0 Å². The molecule has 2 atom stereocenters. The lowest BCUT2D eigenvalue weighted by atomic mass is 9.49. The number of nitrogens with zero attached hydrogens (tertiary/aromatic N) is 2. The molecule has 5 nitrogen and oxygen atoms in total. The molecule has 2 unspecified atom stereocenters. The number of rotatable bonds is 2. The summed E-state index contributed by atoms with van der Waals surface area (Å²) in [5, 5.41) is 10.7. The summed E-state index contributed by atoms with van der Waals surface area (Å²) in [6, 6.07) is 0. The van der Waals surface area contributed by atoms with Gasteiger partial charge in [0.25, 0.3) is 5.91 Å². The van der Waals surface area contributed by atoms with Crippen molar-refractivity contribution in [3.63, 3.8) is 0 Å². The Kier molecular flexibility index (Phi) is 2.67. The quantitative estimate of drug-likeness (QED) is 0.863. The highest BCUT2D eigenvalue weighted by molar-refractivity contribution is 5.93. The highest BCUT2D eigenvalue weighted by Gasteiger charge is 2.55. The summed E-state index contributed by atoms with van der Waals surface area (Å²) in [5.74, 6) is 1.98. The van der Waals surface area contributed by atoms with Crippen molar-refractivity contribution in [2.45, 2.75) is 50.5 Å². The molecule has 0 radical (unpaired) electrons. The van der Waals surface area contributed by atoms with E-state index in [-0.39, 0.29) is 5.92 Å². The number of aromatic nitrogens is 2. The summed E-state index contributed by atoms with van der Waals surface area (Å²) in [6.07, 6.45) is 6.49. The molecule has 3 N–H and O–H groups in total. The van der Waals surface area contributed by atoms with Crippen LogP contribution < -0.4 is 5.73 Å². The number of carbonyl (C=O) groups excluding carboxylic acids is 1. The lowest BCUT2D eigenvalue weighted by Gasteiger charge is -2.58. The topological polar surface area (TPSA) is 89.1 Å². The first-order chi connectivity index (χ1) is 9.95. The molecule has 0 aliphatic heterocycles. The summed E-state index contributed by atoms with van der Waals surface area (Å²) in [5.41, 5.74) is 6.33. The van der Waals surface area contributed by atoms with Gasteiger partial charge >= 0.3 is 0 Å². The lowest BCUT2D eigenvalue weighted by Crippen LogP contribution is -2.54. The normalized spacial score (nSPS) is 40.5. The maximum absolute atomic E-state index is 11.7. The molecule has 4 saturated carbocycles. The zero-order valence-electron chi connectivity index (χ0n) is 12.2. The molecule has 1 amide bonds. The average molecular weight is 287 g/mol. The smallest absolute Gasteiger partial charge is 0.252 e. The van der Waals surface area contributed by atoms with Crippen molar-refractivity contribution < 1.29 is 9.90 Å². The van der Waals surface area contributed by atoms with Gasteiger partial charge < -0.3 is 10.8 Å². The Morgan fingerprint density at radius 1 is 1.33 bits per heavy atom. The monoisotopic (exact) mass is 287 g/mol. The second kappa shape index (κ2) is 4.26. The Bertz CT molecular complexity index is 600. The minimum absolute atomic E-state index is 0.256. The molecule has 5 heteroatoms. The van der Waals surface area contributed by atoms with Crippen LogP contribution in [0.4, 0.5) is 0 Å². The van der Waals surface area contributed by atoms with E-state index < -0.39 is 11.5 Å². The van der Waals surface area contributed by atoms with Gasteiger partial charge in [0, 0.05) is 12.1 Å². The molecule has 1 aromatic rings. The van der Waals surface area contributed by atoms with Gasteiger partial charge in [-0.25, -0.2) is 9.97 Å². The average Bonchev–Trinajstić information content (AvgIpc) is 2.35. The van der Waals surface area contributed by atoms with E-state index in [0.717, 1.165) is 37.8 Å². The molecule has 4 aliphatic carbocycles. The third kappa shape index (κ3) is 1.98. The minimum atomic E-state index is -0.470. The molecule has 1 aromatic heterocycles. The van der Waals surface area contributed by atoms with Crippen LogP contribution >= 0.6 is 0 Å². The summed E-state index contributed by atoms with van der Waals surface area (Å²) in [4.78, 5) is 20.4. The van der Waals surface area contributed by atoms with E-state index in [1.54, 1.807) is 6.20 Å². The summed E-state index contributed by atoms with van der Waals surface area (Å²) in [7, 11) is 0. The minimum Gasteiger partial charge on any atom is -0.390 e. The van der Waals surface area contributed by atoms with Gasteiger partial charge in [0.05, 0.1) is 16.9 Å². The Hall–Kier alpha value is -1.49. The highest BCUT2D eigenvalue weighted by Crippen LogP contribution is 2.61. The lowest BCUT2D eigenvalue weighted by molar-refractivity contribution is -0.135. The Morgan fingerprint density at radius 3 is 2.57 bits per heavy atom. The molecule has 21 heavy (non-hydrogen) atoms. The van der Waals surface area contributed by atoms with Crippen LogP contribution in [-0.4, -0.2) is 26.6 Å². The first kappa shape index (κ1) is 13.2. The van der Waals surface area contributed by atoms with Gasteiger partial charge in [0.1, 0.15) is 5.82 Å². The Balaban J connectivity index is 1.78. The molecule has 0 spiro atoms. The number of carbonyl (C=O) groups is 1. The molecule has 0 aromatic carbocycles. The Labute approximate surface area is 124 Å².